The van der Waals surface area contributed by atoms with Crippen molar-refractivity contribution in [2.45, 2.75) is 51.7 Å². The lowest BCUT2D eigenvalue weighted by Gasteiger charge is -2.31. The summed E-state index contributed by atoms with van der Waals surface area (Å²) >= 11 is 3.38. The predicted molar refractivity (Wildman–Crippen MR) is 132 cm³/mol. The standard InChI is InChI=1S/C26H32BrN3O3/c1-3-18(2)24(28)26(33)30(16-19-8-5-4-6-9-19)25(32)22-10-7-15-29(22)17-23(31)20-11-13-21(27)14-12-20/h4-6,8-9,11-14,18,22,24H,3,7,10,15-17,28H2,1-2H3/t18-,22-,24-/m0/s1. The lowest BCUT2D eigenvalue weighted by Crippen LogP contribution is -2.54. The summed E-state index contributed by atoms with van der Waals surface area (Å²) in [5.74, 6) is -0.713. The molecule has 2 aromatic rings. The molecule has 2 N–H and O–H groups in total. The topological polar surface area (TPSA) is 83.7 Å². The Bertz CT molecular complexity index is 965. The normalized spacial score (nSPS) is 18.0. The number of nitrogens with two attached hydrogens (primary N) is 1. The van der Waals surface area contributed by atoms with Gasteiger partial charge in [0.2, 0.25) is 11.8 Å². The highest BCUT2D eigenvalue weighted by Gasteiger charge is 2.38. The lowest BCUT2D eigenvalue weighted by atomic mass is 9.98. The molecule has 0 bridgehead atoms. The van der Waals surface area contributed by atoms with Crippen LogP contribution < -0.4 is 5.73 Å². The fraction of sp³-hybridized carbons (Fsp3) is 0.423. The van der Waals surface area contributed by atoms with E-state index in [9.17, 15) is 14.4 Å². The number of imide groups is 1. The highest BCUT2D eigenvalue weighted by molar-refractivity contribution is 9.10. The van der Waals surface area contributed by atoms with Gasteiger partial charge in [-0.3, -0.25) is 24.2 Å². The number of hydrogen-bond acceptors (Lipinski definition) is 5. The number of amides is 2. The van der Waals surface area contributed by atoms with Gasteiger partial charge in [-0.1, -0.05) is 78.7 Å². The minimum atomic E-state index is -0.748. The smallest absolute Gasteiger partial charge is 0.246 e. The summed E-state index contributed by atoms with van der Waals surface area (Å²) in [6, 6.07) is 15.4. The number of halogens is 1. The molecule has 7 heteroatoms. The zero-order chi connectivity index (χ0) is 24.0. The van der Waals surface area contributed by atoms with E-state index in [1.807, 2.05) is 61.2 Å². The van der Waals surface area contributed by atoms with Crippen LogP contribution in [-0.2, 0) is 16.1 Å². The second-order valence-electron chi connectivity index (χ2n) is 8.72. The van der Waals surface area contributed by atoms with Crippen molar-refractivity contribution in [3.05, 3.63) is 70.2 Å². The van der Waals surface area contributed by atoms with Crippen molar-refractivity contribution in [3.8, 4) is 0 Å². The summed E-state index contributed by atoms with van der Waals surface area (Å²) in [5.41, 5.74) is 7.72. The summed E-state index contributed by atoms with van der Waals surface area (Å²) in [4.78, 5) is 43.0. The van der Waals surface area contributed by atoms with E-state index in [4.69, 9.17) is 5.73 Å². The molecule has 6 nitrogen and oxygen atoms in total. The third-order valence-electron chi connectivity index (χ3n) is 6.42. The highest BCUT2D eigenvalue weighted by atomic mass is 79.9. The van der Waals surface area contributed by atoms with Crippen LogP contribution in [0.4, 0.5) is 0 Å². The maximum Gasteiger partial charge on any atom is 0.246 e. The Morgan fingerprint density at radius 1 is 1.12 bits per heavy atom. The van der Waals surface area contributed by atoms with Gasteiger partial charge in [0.05, 0.1) is 25.2 Å². The zero-order valence-electron chi connectivity index (χ0n) is 19.2. The molecule has 0 spiro atoms. The summed E-state index contributed by atoms with van der Waals surface area (Å²) < 4.78 is 0.904. The molecule has 2 aromatic carbocycles. The molecule has 1 aliphatic heterocycles. The maximum atomic E-state index is 13.7. The molecular formula is C26H32BrN3O3. The van der Waals surface area contributed by atoms with Crippen LogP contribution in [0, 0.1) is 5.92 Å². The third-order valence-corrected chi connectivity index (χ3v) is 6.95. The molecule has 1 aliphatic rings. The van der Waals surface area contributed by atoms with Gasteiger partial charge in [-0.05, 0) is 43.0 Å². The Kier molecular flexibility index (Phi) is 8.95. The van der Waals surface area contributed by atoms with Gasteiger partial charge < -0.3 is 5.73 Å². The number of rotatable bonds is 9. The Balaban J connectivity index is 1.80. The Labute approximate surface area is 204 Å². The number of carbonyl (C=O) groups is 3. The number of likely N-dealkylation sites (tertiary alicyclic amines) is 1. The summed E-state index contributed by atoms with van der Waals surface area (Å²) in [7, 11) is 0. The van der Waals surface area contributed by atoms with E-state index in [-0.39, 0.29) is 36.6 Å². The zero-order valence-corrected chi connectivity index (χ0v) is 20.8. The minimum Gasteiger partial charge on any atom is -0.320 e. The number of carbonyl (C=O) groups excluding carboxylic acids is 3. The van der Waals surface area contributed by atoms with E-state index in [1.165, 1.54) is 4.90 Å². The minimum absolute atomic E-state index is 0.0396. The molecule has 0 radical (unpaired) electrons. The fourth-order valence-corrected chi connectivity index (χ4v) is 4.36. The van der Waals surface area contributed by atoms with Crippen LogP contribution in [0.3, 0.4) is 0 Å². The van der Waals surface area contributed by atoms with Gasteiger partial charge in [-0.25, -0.2) is 0 Å². The van der Waals surface area contributed by atoms with Crippen LogP contribution >= 0.6 is 15.9 Å². The van der Waals surface area contributed by atoms with E-state index in [0.29, 0.717) is 18.5 Å². The van der Waals surface area contributed by atoms with Gasteiger partial charge in [-0.2, -0.15) is 0 Å². The molecule has 3 rings (SSSR count). The van der Waals surface area contributed by atoms with Crippen LogP contribution in [0.25, 0.3) is 0 Å². The lowest BCUT2D eigenvalue weighted by molar-refractivity contribution is -0.149. The van der Waals surface area contributed by atoms with Gasteiger partial charge in [0.1, 0.15) is 0 Å². The first-order valence-electron chi connectivity index (χ1n) is 11.5. The van der Waals surface area contributed by atoms with Crippen LogP contribution in [-0.4, -0.2) is 52.6 Å². The predicted octanol–water partition coefficient (Wildman–Crippen LogP) is 4.03. The SMILES string of the molecule is CC[C@H](C)[C@H](N)C(=O)N(Cc1ccccc1)C(=O)[C@@H]1CCCN1CC(=O)c1ccc(Br)cc1. The number of nitrogens with zero attached hydrogens (tertiary/aromatic N) is 2. The van der Waals surface area contributed by atoms with Crippen LogP contribution in [0.5, 0.6) is 0 Å². The first-order valence-corrected chi connectivity index (χ1v) is 12.3. The van der Waals surface area contributed by atoms with Crippen LogP contribution in [0.1, 0.15) is 49.0 Å². The van der Waals surface area contributed by atoms with Gasteiger partial charge >= 0.3 is 0 Å². The summed E-state index contributed by atoms with van der Waals surface area (Å²) in [6.07, 6.45) is 2.16. The van der Waals surface area contributed by atoms with E-state index in [2.05, 4.69) is 15.9 Å². The quantitative estimate of drug-likeness (QED) is 0.511. The van der Waals surface area contributed by atoms with E-state index in [0.717, 1.165) is 22.9 Å². The summed E-state index contributed by atoms with van der Waals surface area (Å²) in [6.45, 7) is 4.86. The van der Waals surface area contributed by atoms with Gasteiger partial charge in [-0.15, -0.1) is 0 Å². The van der Waals surface area contributed by atoms with E-state index >= 15 is 0 Å². The molecule has 0 aliphatic carbocycles. The van der Waals surface area contributed by atoms with Crippen molar-refractivity contribution in [2.24, 2.45) is 11.7 Å². The first-order chi connectivity index (χ1) is 15.8. The van der Waals surface area contributed by atoms with Gasteiger partial charge in [0.25, 0.3) is 0 Å². The van der Waals surface area contributed by atoms with Crippen molar-refractivity contribution in [1.29, 1.82) is 0 Å². The first kappa shape index (κ1) is 25.3. The van der Waals surface area contributed by atoms with Gasteiger partial charge in [0, 0.05) is 10.0 Å². The Hall–Kier alpha value is -2.35. The van der Waals surface area contributed by atoms with Crippen molar-refractivity contribution < 1.29 is 14.4 Å². The summed E-state index contributed by atoms with van der Waals surface area (Å²) in [5, 5.41) is 0. The number of ketones is 1. The molecule has 33 heavy (non-hydrogen) atoms. The van der Waals surface area contributed by atoms with Crippen molar-refractivity contribution in [2.75, 3.05) is 13.1 Å². The van der Waals surface area contributed by atoms with E-state index in [1.54, 1.807) is 12.1 Å². The van der Waals surface area contributed by atoms with Crippen LogP contribution in [0.2, 0.25) is 0 Å². The number of benzene rings is 2. The number of Topliss-reactive ketones (excluding diaryl/α,β-unsaturated/α-hetero) is 1. The molecule has 176 valence electrons. The number of hydrogen-bond donors (Lipinski definition) is 1. The van der Waals surface area contributed by atoms with Gasteiger partial charge in [0.15, 0.2) is 5.78 Å². The molecular weight excluding hydrogens is 482 g/mol. The Morgan fingerprint density at radius 2 is 1.79 bits per heavy atom. The fourth-order valence-electron chi connectivity index (χ4n) is 4.09. The second kappa shape index (κ2) is 11.7. The molecule has 0 aromatic heterocycles. The second-order valence-corrected chi connectivity index (χ2v) is 9.63. The molecule has 1 fully saturated rings. The molecule has 3 atom stereocenters. The highest BCUT2D eigenvalue weighted by Crippen LogP contribution is 2.23. The van der Waals surface area contributed by atoms with Crippen molar-refractivity contribution in [1.82, 2.24) is 9.80 Å². The average Bonchev–Trinajstić information content (AvgIpc) is 3.29. The van der Waals surface area contributed by atoms with Crippen molar-refractivity contribution >= 4 is 33.5 Å². The molecule has 1 heterocycles. The monoisotopic (exact) mass is 513 g/mol. The van der Waals surface area contributed by atoms with Crippen LogP contribution in [0.15, 0.2) is 59.1 Å². The molecule has 1 saturated heterocycles. The molecule has 0 saturated carbocycles. The average molecular weight is 514 g/mol. The van der Waals surface area contributed by atoms with E-state index < -0.39 is 12.1 Å². The van der Waals surface area contributed by atoms with Crippen molar-refractivity contribution in [3.63, 3.8) is 0 Å². The molecule has 0 unspecified atom stereocenters. The largest absolute Gasteiger partial charge is 0.320 e. The maximum absolute atomic E-state index is 13.7. The molecule has 2 amide bonds. The Morgan fingerprint density at radius 3 is 2.42 bits per heavy atom. The third kappa shape index (κ3) is 6.37.